The first-order valence-corrected chi connectivity index (χ1v) is 13.6. The summed E-state index contributed by atoms with van der Waals surface area (Å²) in [4.78, 5) is 55.3. The minimum Gasteiger partial charge on any atom is -0.352 e. The van der Waals surface area contributed by atoms with Crippen molar-refractivity contribution in [3.05, 3.63) is 107 Å². The molecule has 0 aliphatic carbocycles. The van der Waals surface area contributed by atoms with Crippen molar-refractivity contribution in [2.24, 2.45) is 0 Å². The lowest BCUT2D eigenvalue weighted by molar-refractivity contribution is -0.141. The van der Waals surface area contributed by atoms with E-state index >= 15 is 0 Å². The Labute approximate surface area is 234 Å². The third-order valence-corrected chi connectivity index (χ3v) is 7.22. The van der Waals surface area contributed by atoms with E-state index in [9.17, 15) is 23.6 Å². The van der Waals surface area contributed by atoms with Gasteiger partial charge in [-0.3, -0.25) is 24.1 Å². The Balaban J connectivity index is 1.56. The van der Waals surface area contributed by atoms with Crippen molar-refractivity contribution in [3.8, 4) is 0 Å². The molecule has 0 radical (unpaired) electrons. The molecule has 1 heterocycles. The molecular weight excluding hydrogens is 509 g/mol. The molecule has 1 aliphatic rings. The van der Waals surface area contributed by atoms with Gasteiger partial charge in [0, 0.05) is 37.5 Å². The van der Waals surface area contributed by atoms with Crippen LogP contribution in [0.15, 0.2) is 78.9 Å². The predicted molar refractivity (Wildman–Crippen MR) is 150 cm³/mol. The molecule has 7 nitrogen and oxygen atoms in total. The zero-order valence-electron chi connectivity index (χ0n) is 22.8. The summed E-state index contributed by atoms with van der Waals surface area (Å²) in [6.07, 6.45) is 1.15. The van der Waals surface area contributed by atoms with Gasteiger partial charge in [0.25, 0.3) is 11.8 Å². The molecule has 0 saturated heterocycles. The van der Waals surface area contributed by atoms with Crippen LogP contribution in [0.4, 0.5) is 4.39 Å². The Morgan fingerprint density at radius 2 is 1.50 bits per heavy atom. The van der Waals surface area contributed by atoms with Crippen LogP contribution in [0.3, 0.4) is 0 Å². The minimum atomic E-state index is -0.886. The van der Waals surface area contributed by atoms with Crippen molar-refractivity contribution in [3.63, 3.8) is 0 Å². The Morgan fingerprint density at radius 1 is 0.900 bits per heavy atom. The number of rotatable bonds is 12. The molecule has 4 amide bonds. The summed E-state index contributed by atoms with van der Waals surface area (Å²) in [5, 5.41) is 2.98. The van der Waals surface area contributed by atoms with Gasteiger partial charge in [0.1, 0.15) is 11.9 Å². The number of halogens is 1. The van der Waals surface area contributed by atoms with Gasteiger partial charge in [-0.05, 0) is 43.5 Å². The molecule has 8 heteroatoms. The monoisotopic (exact) mass is 543 g/mol. The summed E-state index contributed by atoms with van der Waals surface area (Å²) in [5.74, 6) is -1.91. The van der Waals surface area contributed by atoms with Crippen LogP contribution in [0, 0.1) is 5.82 Å². The van der Waals surface area contributed by atoms with Gasteiger partial charge in [-0.2, -0.15) is 0 Å². The topological polar surface area (TPSA) is 86.8 Å². The van der Waals surface area contributed by atoms with Gasteiger partial charge in [-0.15, -0.1) is 0 Å². The second-order valence-corrected chi connectivity index (χ2v) is 10.0. The molecule has 208 valence electrons. The molecule has 40 heavy (non-hydrogen) atoms. The molecule has 0 aromatic heterocycles. The highest BCUT2D eigenvalue weighted by atomic mass is 19.1. The largest absolute Gasteiger partial charge is 0.352 e. The van der Waals surface area contributed by atoms with Gasteiger partial charge >= 0.3 is 0 Å². The Hall–Kier alpha value is -4.33. The van der Waals surface area contributed by atoms with Crippen molar-refractivity contribution in [2.75, 3.05) is 6.54 Å². The summed E-state index contributed by atoms with van der Waals surface area (Å²) in [5.41, 5.74) is 1.86. The van der Waals surface area contributed by atoms with Crippen LogP contribution in [0.1, 0.15) is 65.0 Å². The number of hydrogen-bond donors (Lipinski definition) is 1. The van der Waals surface area contributed by atoms with E-state index < -0.39 is 11.9 Å². The number of amides is 4. The molecule has 4 rings (SSSR count). The zero-order chi connectivity index (χ0) is 28.6. The highest BCUT2D eigenvalue weighted by Crippen LogP contribution is 2.23. The number of nitrogens with zero attached hydrogens (tertiary/aromatic N) is 2. The number of benzene rings is 3. The summed E-state index contributed by atoms with van der Waals surface area (Å²) >= 11 is 0. The molecule has 0 spiro atoms. The first-order valence-electron chi connectivity index (χ1n) is 13.6. The molecule has 0 unspecified atom stereocenters. The standard InChI is InChI=1S/C32H34FN3O4/c1-3-22(2)34-30(38)28(20-23-12-5-4-6-13-23)36(21-24-14-7-10-17-27(24)33)29(37)18-11-19-35-31(39)25-15-8-9-16-26(25)32(35)40/h4-10,12-17,22,28H,3,11,18-21H2,1-2H3,(H,34,38)/t22-,28-/m0/s1. The molecule has 1 aliphatic heterocycles. The van der Waals surface area contributed by atoms with E-state index in [2.05, 4.69) is 5.32 Å². The second kappa shape index (κ2) is 13.2. The zero-order valence-corrected chi connectivity index (χ0v) is 22.8. The highest BCUT2D eigenvalue weighted by molar-refractivity contribution is 6.21. The van der Waals surface area contributed by atoms with E-state index in [4.69, 9.17) is 0 Å². The molecular formula is C32H34FN3O4. The number of hydrogen-bond acceptors (Lipinski definition) is 4. The average molecular weight is 544 g/mol. The lowest BCUT2D eigenvalue weighted by atomic mass is 10.0. The fourth-order valence-electron chi connectivity index (χ4n) is 4.78. The lowest BCUT2D eigenvalue weighted by Gasteiger charge is -2.32. The molecule has 0 saturated carbocycles. The van der Waals surface area contributed by atoms with Crippen LogP contribution in [0.5, 0.6) is 0 Å². The van der Waals surface area contributed by atoms with E-state index in [1.807, 2.05) is 44.2 Å². The van der Waals surface area contributed by atoms with E-state index in [0.29, 0.717) is 23.1 Å². The molecule has 3 aromatic carbocycles. The predicted octanol–water partition coefficient (Wildman–Crippen LogP) is 4.76. The maximum absolute atomic E-state index is 14.7. The van der Waals surface area contributed by atoms with Crippen LogP contribution < -0.4 is 5.32 Å². The van der Waals surface area contributed by atoms with Crippen molar-refractivity contribution in [1.29, 1.82) is 0 Å². The van der Waals surface area contributed by atoms with Gasteiger partial charge in [0.2, 0.25) is 11.8 Å². The molecule has 0 fully saturated rings. The van der Waals surface area contributed by atoms with Crippen LogP contribution in [-0.2, 0) is 22.6 Å². The van der Waals surface area contributed by atoms with E-state index in [0.717, 1.165) is 10.5 Å². The van der Waals surface area contributed by atoms with E-state index in [1.54, 1.807) is 42.5 Å². The number of imide groups is 1. The SMILES string of the molecule is CC[C@H](C)NC(=O)[C@H](Cc1ccccc1)N(Cc1ccccc1F)C(=O)CCCN1C(=O)c2ccccc2C1=O. The Kier molecular flexibility index (Phi) is 9.43. The number of carbonyl (C=O) groups is 4. The third kappa shape index (κ3) is 6.62. The number of fused-ring (bicyclic) bond motifs is 1. The van der Waals surface area contributed by atoms with Crippen molar-refractivity contribution < 1.29 is 23.6 Å². The van der Waals surface area contributed by atoms with Gasteiger partial charge < -0.3 is 10.2 Å². The summed E-state index contributed by atoms with van der Waals surface area (Å²) < 4.78 is 14.7. The smallest absolute Gasteiger partial charge is 0.261 e. The second-order valence-electron chi connectivity index (χ2n) is 10.0. The number of nitrogens with one attached hydrogen (secondary N) is 1. The minimum absolute atomic E-state index is 0.0240. The summed E-state index contributed by atoms with van der Waals surface area (Å²) in [6.45, 7) is 3.82. The van der Waals surface area contributed by atoms with Gasteiger partial charge in [0.15, 0.2) is 0 Å². The van der Waals surface area contributed by atoms with E-state index in [-0.39, 0.29) is 62.0 Å². The normalized spacial score (nSPS) is 14.0. The molecule has 1 N–H and O–H groups in total. The molecule has 0 bridgehead atoms. The van der Waals surface area contributed by atoms with Crippen molar-refractivity contribution in [1.82, 2.24) is 15.1 Å². The summed E-state index contributed by atoms with van der Waals surface area (Å²) in [6, 6.07) is 21.2. The quantitative estimate of drug-likeness (QED) is 0.334. The Bertz CT molecular complexity index is 1340. The lowest BCUT2D eigenvalue weighted by Crippen LogP contribution is -2.52. The first-order chi connectivity index (χ1) is 19.3. The van der Waals surface area contributed by atoms with Crippen LogP contribution in [-0.4, -0.2) is 52.1 Å². The molecule has 2 atom stereocenters. The van der Waals surface area contributed by atoms with Crippen molar-refractivity contribution in [2.45, 2.75) is 58.2 Å². The fraction of sp³-hybridized carbons (Fsp3) is 0.312. The fourth-order valence-corrected chi connectivity index (χ4v) is 4.78. The number of carbonyl (C=O) groups excluding carboxylic acids is 4. The van der Waals surface area contributed by atoms with Crippen LogP contribution in [0.2, 0.25) is 0 Å². The average Bonchev–Trinajstić information content (AvgIpc) is 3.21. The van der Waals surface area contributed by atoms with Gasteiger partial charge in [-0.25, -0.2) is 4.39 Å². The molecule has 3 aromatic rings. The van der Waals surface area contributed by atoms with Gasteiger partial charge in [-0.1, -0.05) is 67.6 Å². The first kappa shape index (κ1) is 28.7. The maximum atomic E-state index is 14.7. The Morgan fingerprint density at radius 3 is 2.12 bits per heavy atom. The summed E-state index contributed by atoms with van der Waals surface area (Å²) in [7, 11) is 0. The maximum Gasteiger partial charge on any atom is 0.261 e. The van der Waals surface area contributed by atoms with Crippen LogP contribution >= 0.6 is 0 Å². The van der Waals surface area contributed by atoms with Gasteiger partial charge in [0.05, 0.1) is 11.1 Å². The van der Waals surface area contributed by atoms with Crippen molar-refractivity contribution >= 4 is 23.6 Å². The highest BCUT2D eigenvalue weighted by Gasteiger charge is 2.35. The third-order valence-electron chi connectivity index (χ3n) is 7.22. The van der Waals surface area contributed by atoms with E-state index in [1.165, 1.54) is 11.0 Å². The van der Waals surface area contributed by atoms with Crippen LogP contribution in [0.25, 0.3) is 0 Å².